The average Bonchev–Trinajstić information content (AvgIpc) is 2.71. The number of amides is 1. The van der Waals surface area contributed by atoms with Crippen LogP contribution in [0.5, 0.6) is 0 Å². The van der Waals surface area contributed by atoms with Crippen molar-refractivity contribution in [2.75, 3.05) is 5.75 Å². The standard InChI is InChI=1S/C11H16N2O3S2/c1-3-9(11(15)16)13-10(14)6-17-4-8-5-18-7(2)12-8/h5,9H,3-4,6H2,1-2H3,(H,13,14)(H,15,16). The second kappa shape index (κ2) is 7.38. The van der Waals surface area contributed by atoms with Gasteiger partial charge in [-0.1, -0.05) is 6.92 Å². The Labute approximate surface area is 114 Å². The van der Waals surface area contributed by atoms with E-state index in [0.29, 0.717) is 12.2 Å². The highest BCUT2D eigenvalue weighted by molar-refractivity contribution is 7.99. The van der Waals surface area contributed by atoms with Crippen LogP contribution in [0.15, 0.2) is 5.38 Å². The molecule has 0 aromatic carbocycles. The summed E-state index contributed by atoms with van der Waals surface area (Å²) in [6.07, 6.45) is 0.386. The Hall–Kier alpha value is -1.08. The van der Waals surface area contributed by atoms with E-state index in [4.69, 9.17) is 5.11 Å². The smallest absolute Gasteiger partial charge is 0.326 e. The average molecular weight is 288 g/mol. The molecule has 1 rings (SSSR count). The summed E-state index contributed by atoms with van der Waals surface area (Å²) in [6, 6.07) is -0.792. The quantitative estimate of drug-likeness (QED) is 0.798. The molecule has 1 heterocycles. The van der Waals surface area contributed by atoms with Crippen molar-refractivity contribution in [1.82, 2.24) is 10.3 Å². The van der Waals surface area contributed by atoms with E-state index in [-0.39, 0.29) is 11.7 Å². The van der Waals surface area contributed by atoms with Crippen LogP contribution in [0, 0.1) is 6.92 Å². The largest absolute Gasteiger partial charge is 0.480 e. The van der Waals surface area contributed by atoms with E-state index in [1.807, 2.05) is 12.3 Å². The van der Waals surface area contributed by atoms with E-state index in [1.165, 1.54) is 11.8 Å². The van der Waals surface area contributed by atoms with Gasteiger partial charge in [0.15, 0.2) is 0 Å². The highest BCUT2D eigenvalue weighted by Gasteiger charge is 2.17. The first-order chi connectivity index (χ1) is 8.52. The molecule has 1 unspecified atom stereocenters. The SMILES string of the molecule is CCC(NC(=O)CSCc1csc(C)n1)C(=O)O. The first-order valence-electron chi connectivity index (χ1n) is 5.53. The lowest BCUT2D eigenvalue weighted by Gasteiger charge is -2.11. The number of carbonyl (C=O) groups is 2. The van der Waals surface area contributed by atoms with Gasteiger partial charge in [-0.15, -0.1) is 23.1 Å². The van der Waals surface area contributed by atoms with Gasteiger partial charge in [0.05, 0.1) is 16.5 Å². The van der Waals surface area contributed by atoms with Crippen molar-refractivity contribution < 1.29 is 14.7 Å². The van der Waals surface area contributed by atoms with Gasteiger partial charge in [0.1, 0.15) is 6.04 Å². The Morgan fingerprint density at radius 3 is 2.83 bits per heavy atom. The number of aromatic nitrogens is 1. The molecule has 0 aliphatic heterocycles. The zero-order chi connectivity index (χ0) is 13.5. The second-order valence-electron chi connectivity index (χ2n) is 3.72. The van der Waals surface area contributed by atoms with Crippen LogP contribution in [-0.4, -0.2) is 33.8 Å². The number of hydrogen-bond donors (Lipinski definition) is 2. The van der Waals surface area contributed by atoms with Crippen LogP contribution in [0.1, 0.15) is 24.0 Å². The first-order valence-corrected chi connectivity index (χ1v) is 7.57. The van der Waals surface area contributed by atoms with Crippen molar-refractivity contribution >= 4 is 35.0 Å². The summed E-state index contributed by atoms with van der Waals surface area (Å²) in [5.41, 5.74) is 0.959. The van der Waals surface area contributed by atoms with E-state index >= 15 is 0 Å². The van der Waals surface area contributed by atoms with Crippen molar-refractivity contribution in [2.24, 2.45) is 0 Å². The Morgan fingerprint density at radius 1 is 1.61 bits per heavy atom. The normalized spacial score (nSPS) is 12.1. The molecule has 5 nitrogen and oxygen atoms in total. The fourth-order valence-corrected chi connectivity index (χ4v) is 2.74. The fourth-order valence-electron chi connectivity index (χ4n) is 1.30. The zero-order valence-corrected chi connectivity index (χ0v) is 11.9. The Kier molecular flexibility index (Phi) is 6.14. The van der Waals surface area contributed by atoms with Crippen molar-refractivity contribution in [3.05, 3.63) is 16.1 Å². The predicted octanol–water partition coefficient (Wildman–Crippen LogP) is 1.66. The highest BCUT2D eigenvalue weighted by atomic mass is 32.2. The summed E-state index contributed by atoms with van der Waals surface area (Å²) in [6.45, 7) is 3.66. The van der Waals surface area contributed by atoms with Crippen LogP contribution < -0.4 is 5.32 Å². The Balaban J connectivity index is 2.26. The van der Waals surface area contributed by atoms with Crippen molar-refractivity contribution in [1.29, 1.82) is 0 Å². The molecule has 0 spiro atoms. The molecule has 100 valence electrons. The number of aryl methyl sites for hydroxylation is 1. The molecule has 0 aliphatic rings. The van der Waals surface area contributed by atoms with Gasteiger partial charge in [0, 0.05) is 11.1 Å². The van der Waals surface area contributed by atoms with Crippen LogP contribution in [0.25, 0.3) is 0 Å². The number of thioether (sulfide) groups is 1. The number of carboxylic acids is 1. The molecular weight excluding hydrogens is 272 g/mol. The third-order valence-corrected chi connectivity index (χ3v) is 3.98. The maximum absolute atomic E-state index is 11.5. The molecule has 7 heteroatoms. The number of thiazole rings is 1. The van der Waals surface area contributed by atoms with Crippen molar-refractivity contribution in [3.8, 4) is 0 Å². The molecule has 2 N–H and O–H groups in total. The number of carbonyl (C=O) groups excluding carboxylic acids is 1. The number of carboxylic acid groups (broad SMARTS) is 1. The van der Waals surface area contributed by atoms with Gasteiger partial charge in [-0.3, -0.25) is 4.79 Å². The van der Waals surface area contributed by atoms with Crippen molar-refractivity contribution in [2.45, 2.75) is 32.1 Å². The van der Waals surface area contributed by atoms with Crippen LogP contribution >= 0.6 is 23.1 Å². The molecular formula is C11H16N2O3S2. The molecule has 0 saturated carbocycles. The number of aliphatic carboxylic acids is 1. The Bertz CT molecular complexity index is 420. The van der Waals surface area contributed by atoms with Gasteiger partial charge in [-0.25, -0.2) is 9.78 Å². The van der Waals surface area contributed by atoms with Gasteiger partial charge in [0.25, 0.3) is 0 Å². The summed E-state index contributed by atoms with van der Waals surface area (Å²) in [4.78, 5) is 26.5. The molecule has 1 atom stereocenters. The molecule has 0 aliphatic carbocycles. The second-order valence-corrected chi connectivity index (χ2v) is 5.77. The fraction of sp³-hybridized carbons (Fsp3) is 0.545. The number of hydrogen-bond acceptors (Lipinski definition) is 5. The molecule has 0 fully saturated rings. The van der Waals surface area contributed by atoms with Crippen LogP contribution in [0.4, 0.5) is 0 Å². The predicted molar refractivity (Wildman–Crippen MR) is 72.9 cm³/mol. The lowest BCUT2D eigenvalue weighted by Crippen LogP contribution is -2.41. The zero-order valence-electron chi connectivity index (χ0n) is 10.3. The highest BCUT2D eigenvalue weighted by Crippen LogP contribution is 2.14. The molecule has 1 aromatic heterocycles. The summed E-state index contributed by atoms with van der Waals surface area (Å²) in [7, 11) is 0. The van der Waals surface area contributed by atoms with E-state index < -0.39 is 12.0 Å². The number of nitrogens with zero attached hydrogens (tertiary/aromatic N) is 1. The van der Waals surface area contributed by atoms with Gasteiger partial charge >= 0.3 is 5.97 Å². The van der Waals surface area contributed by atoms with Crippen LogP contribution in [-0.2, 0) is 15.3 Å². The number of nitrogens with one attached hydrogen (secondary N) is 1. The maximum Gasteiger partial charge on any atom is 0.326 e. The molecule has 18 heavy (non-hydrogen) atoms. The van der Waals surface area contributed by atoms with Crippen LogP contribution in [0.3, 0.4) is 0 Å². The molecule has 0 saturated heterocycles. The topological polar surface area (TPSA) is 79.3 Å². The monoisotopic (exact) mass is 288 g/mol. The van der Waals surface area contributed by atoms with E-state index in [9.17, 15) is 9.59 Å². The third kappa shape index (κ3) is 5.05. The van der Waals surface area contributed by atoms with Gasteiger partial charge in [-0.2, -0.15) is 0 Å². The van der Waals surface area contributed by atoms with E-state index in [0.717, 1.165) is 10.7 Å². The van der Waals surface area contributed by atoms with Crippen molar-refractivity contribution in [3.63, 3.8) is 0 Å². The van der Waals surface area contributed by atoms with Crippen LogP contribution in [0.2, 0.25) is 0 Å². The van der Waals surface area contributed by atoms with E-state index in [2.05, 4.69) is 10.3 Å². The molecule has 0 bridgehead atoms. The maximum atomic E-state index is 11.5. The third-order valence-electron chi connectivity index (χ3n) is 2.19. The summed E-state index contributed by atoms with van der Waals surface area (Å²) in [5, 5.41) is 14.2. The summed E-state index contributed by atoms with van der Waals surface area (Å²) >= 11 is 3.01. The lowest BCUT2D eigenvalue weighted by molar-refractivity contribution is -0.141. The van der Waals surface area contributed by atoms with Gasteiger partial charge in [0.2, 0.25) is 5.91 Å². The van der Waals surface area contributed by atoms with Gasteiger partial charge < -0.3 is 10.4 Å². The minimum absolute atomic E-state index is 0.249. The lowest BCUT2D eigenvalue weighted by atomic mass is 10.2. The number of rotatable bonds is 7. The minimum atomic E-state index is -0.994. The summed E-state index contributed by atoms with van der Waals surface area (Å²) in [5.74, 6) is -0.325. The van der Waals surface area contributed by atoms with Gasteiger partial charge in [-0.05, 0) is 13.3 Å². The Morgan fingerprint density at radius 2 is 2.33 bits per heavy atom. The van der Waals surface area contributed by atoms with E-state index in [1.54, 1.807) is 18.3 Å². The minimum Gasteiger partial charge on any atom is -0.480 e. The molecule has 0 radical (unpaired) electrons. The molecule has 1 amide bonds. The summed E-state index contributed by atoms with van der Waals surface area (Å²) < 4.78 is 0. The molecule has 1 aromatic rings. The first kappa shape index (κ1) is 15.0.